The average molecular weight is 234 g/mol. The van der Waals surface area contributed by atoms with Gasteiger partial charge >= 0.3 is 0 Å². The fraction of sp³-hybridized carbons (Fsp3) is 0.643. The van der Waals surface area contributed by atoms with Crippen molar-refractivity contribution in [1.82, 2.24) is 9.88 Å². The van der Waals surface area contributed by atoms with Crippen molar-refractivity contribution in [3.05, 3.63) is 24.0 Å². The predicted molar refractivity (Wildman–Crippen MR) is 69.4 cm³/mol. The molecule has 1 fully saturated rings. The Morgan fingerprint density at radius 1 is 1.47 bits per heavy atom. The number of hydrogen-bond donors (Lipinski definition) is 1. The van der Waals surface area contributed by atoms with Gasteiger partial charge in [-0.25, -0.2) is 0 Å². The summed E-state index contributed by atoms with van der Waals surface area (Å²) < 4.78 is 2.19. The first kappa shape index (κ1) is 12.4. The molecule has 2 rings (SSSR count). The molecule has 1 aliphatic heterocycles. The standard InChI is InChI=1S/C14H22N2O/c1-2-3-6-14(17)13-5-4-11-16(13)12-7-9-15-10-8-12/h4-5,11-12,15H,2-3,6-10H2,1H3. The first-order chi connectivity index (χ1) is 8.33. The molecule has 0 atom stereocenters. The van der Waals surface area contributed by atoms with E-state index >= 15 is 0 Å². The molecule has 0 spiro atoms. The maximum absolute atomic E-state index is 12.1. The van der Waals surface area contributed by atoms with Crippen LogP contribution < -0.4 is 5.32 Å². The van der Waals surface area contributed by atoms with E-state index in [1.54, 1.807) is 0 Å². The minimum atomic E-state index is 0.301. The molecule has 94 valence electrons. The van der Waals surface area contributed by atoms with Gasteiger partial charge in [0.05, 0.1) is 5.69 Å². The summed E-state index contributed by atoms with van der Waals surface area (Å²) >= 11 is 0. The second-order valence-corrected chi connectivity index (χ2v) is 4.81. The van der Waals surface area contributed by atoms with Crippen LogP contribution in [0.4, 0.5) is 0 Å². The maximum Gasteiger partial charge on any atom is 0.179 e. The van der Waals surface area contributed by atoms with Gasteiger partial charge in [0.25, 0.3) is 0 Å². The van der Waals surface area contributed by atoms with Gasteiger partial charge in [0.1, 0.15) is 0 Å². The number of rotatable bonds is 5. The number of nitrogens with one attached hydrogen (secondary N) is 1. The van der Waals surface area contributed by atoms with Gasteiger partial charge in [0.15, 0.2) is 5.78 Å². The van der Waals surface area contributed by atoms with Gasteiger partial charge in [-0.2, -0.15) is 0 Å². The third kappa shape index (κ3) is 2.97. The molecular formula is C14H22N2O. The first-order valence-corrected chi connectivity index (χ1v) is 6.73. The van der Waals surface area contributed by atoms with Crippen molar-refractivity contribution in [2.45, 2.75) is 45.1 Å². The molecule has 1 saturated heterocycles. The zero-order chi connectivity index (χ0) is 12.1. The molecule has 0 radical (unpaired) electrons. The SMILES string of the molecule is CCCCC(=O)c1cccn1C1CCNCC1. The molecule has 0 unspecified atom stereocenters. The van der Waals surface area contributed by atoms with Gasteiger partial charge in [-0.15, -0.1) is 0 Å². The van der Waals surface area contributed by atoms with E-state index in [1.807, 2.05) is 12.1 Å². The minimum Gasteiger partial charge on any atom is -0.342 e. The second-order valence-electron chi connectivity index (χ2n) is 4.81. The lowest BCUT2D eigenvalue weighted by molar-refractivity contribution is 0.0967. The molecule has 3 nitrogen and oxygen atoms in total. The van der Waals surface area contributed by atoms with E-state index in [0.717, 1.165) is 44.5 Å². The van der Waals surface area contributed by atoms with Crippen LogP contribution in [0.1, 0.15) is 55.6 Å². The summed E-state index contributed by atoms with van der Waals surface area (Å²) in [5.74, 6) is 0.301. The van der Waals surface area contributed by atoms with Crippen LogP contribution in [-0.2, 0) is 0 Å². The van der Waals surface area contributed by atoms with E-state index < -0.39 is 0 Å². The molecule has 0 bridgehead atoms. The number of carbonyl (C=O) groups is 1. The molecule has 1 aromatic heterocycles. The van der Waals surface area contributed by atoms with Gasteiger partial charge in [0.2, 0.25) is 0 Å². The zero-order valence-electron chi connectivity index (χ0n) is 10.6. The molecule has 17 heavy (non-hydrogen) atoms. The summed E-state index contributed by atoms with van der Waals surface area (Å²) in [6.07, 6.45) is 7.09. The number of ketones is 1. The fourth-order valence-corrected chi connectivity index (χ4v) is 2.50. The van der Waals surface area contributed by atoms with E-state index in [0.29, 0.717) is 18.2 Å². The topological polar surface area (TPSA) is 34.0 Å². The van der Waals surface area contributed by atoms with Gasteiger partial charge in [0, 0.05) is 18.7 Å². The van der Waals surface area contributed by atoms with Crippen LogP contribution in [0, 0.1) is 0 Å². The molecule has 2 heterocycles. The third-order valence-electron chi connectivity index (χ3n) is 3.52. The highest BCUT2D eigenvalue weighted by atomic mass is 16.1. The van der Waals surface area contributed by atoms with Crippen molar-refractivity contribution in [2.24, 2.45) is 0 Å². The number of unbranched alkanes of at least 4 members (excludes halogenated alkanes) is 1. The molecule has 3 heteroatoms. The predicted octanol–water partition coefficient (Wildman–Crippen LogP) is 2.79. The number of aromatic nitrogens is 1. The Kier molecular flexibility index (Phi) is 4.37. The molecular weight excluding hydrogens is 212 g/mol. The maximum atomic E-state index is 12.1. The molecule has 1 N–H and O–H groups in total. The van der Waals surface area contributed by atoms with Crippen molar-refractivity contribution in [3.8, 4) is 0 Å². The quantitative estimate of drug-likeness (QED) is 0.795. The number of piperidine rings is 1. The number of nitrogens with zero attached hydrogens (tertiary/aromatic N) is 1. The van der Waals surface area contributed by atoms with Crippen LogP contribution in [-0.4, -0.2) is 23.4 Å². The normalized spacial score (nSPS) is 17.2. The van der Waals surface area contributed by atoms with Gasteiger partial charge in [-0.05, 0) is 44.5 Å². The summed E-state index contributed by atoms with van der Waals surface area (Å²) in [5.41, 5.74) is 0.908. The first-order valence-electron chi connectivity index (χ1n) is 6.73. The Hall–Kier alpha value is -1.09. The highest BCUT2D eigenvalue weighted by Gasteiger charge is 2.19. The summed E-state index contributed by atoms with van der Waals surface area (Å²) in [6.45, 7) is 4.25. The van der Waals surface area contributed by atoms with Gasteiger partial charge in [-0.3, -0.25) is 4.79 Å². The van der Waals surface area contributed by atoms with Crippen molar-refractivity contribution in [3.63, 3.8) is 0 Å². The fourth-order valence-electron chi connectivity index (χ4n) is 2.50. The Morgan fingerprint density at radius 3 is 2.94 bits per heavy atom. The average Bonchev–Trinajstić information content (AvgIpc) is 2.86. The Bertz CT molecular complexity index is 364. The van der Waals surface area contributed by atoms with Crippen molar-refractivity contribution in [2.75, 3.05) is 13.1 Å². The monoisotopic (exact) mass is 234 g/mol. The highest BCUT2D eigenvalue weighted by Crippen LogP contribution is 2.22. The summed E-state index contributed by atoms with van der Waals surface area (Å²) in [4.78, 5) is 12.1. The summed E-state index contributed by atoms with van der Waals surface area (Å²) in [5, 5.41) is 3.36. The van der Waals surface area contributed by atoms with Crippen LogP contribution in [0.15, 0.2) is 18.3 Å². The van der Waals surface area contributed by atoms with E-state index in [4.69, 9.17) is 0 Å². The molecule has 1 aromatic rings. The molecule has 1 aliphatic rings. The molecule has 0 amide bonds. The summed E-state index contributed by atoms with van der Waals surface area (Å²) in [6, 6.07) is 4.48. The molecule has 0 aromatic carbocycles. The van der Waals surface area contributed by atoms with Crippen molar-refractivity contribution >= 4 is 5.78 Å². The lowest BCUT2D eigenvalue weighted by Crippen LogP contribution is -2.30. The zero-order valence-corrected chi connectivity index (χ0v) is 10.6. The number of hydrogen-bond acceptors (Lipinski definition) is 2. The van der Waals surface area contributed by atoms with Gasteiger partial charge in [-0.1, -0.05) is 13.3 Å². The van der Waals surface area contributed by atoms with Crippen LogP contribution in [0.25, 0.3) is 0 Å². The van der Waals surface area contributed by atoms with Crippen LogP contribution in [0.3, 0.4) is 0 Å². The Morgan fingerprint density at radius 2 is 2.24 bits per heavy atom. The van der Waals surface area contributed by atoms with Crippen molar-refractivity contribution in [1.29, 1.82) is 0 Å². The summed E-state index contributed by atoms with van der Waals surface area (Å²) in [7, 11) is 0. The smallest absolute Gasteiger partial charge is 0.179 e. The lowest BCUT2D eigenvalue weighted by Gasteiger charge is -2.25. The van der Waals surface area contributed by atoms with E-state index in [2.05, 4.69) is 23.0 Å². The lowest BCUT2D eigenvalue weighted by atomic mass is 10.1. The molecule has 0 aliphatic carbocycles. The van der Waals surface area contributed by atoms with Crippen LogP contribution in [0.2, 0.25) is 0 Å². The van der Waals surface area contributed by atoms with Crippen LogP contribution >= 0.6 is 0 Å². The molecule has 0 saturated carbocycles. The van der Waals surface area contributed by atoms with Gasteiger partial charge < -0.3 is 9.88 Å². The number of Topliss-reactive ketones (excluding diaryl/α,β-unsaturated/α-hetero) is 1. The largest absolute Gasteiger partial charge is 0.342 e. The highest BCUT2D eigenvalue weighted by molar-refractivity contribution is 5.94. The number of carbonyl (C=O) groups excluding carboxylic acids is 1. The van der Waals surface area contributed by atoms with Crippen molar-refractivity contribution < 1.29 is 4.79 Å². The Balaban J connectivity index is 2.07. The minimum absolute atomic E-state index is 0.301. The Labute approximate surface area is 103 Å². The van der Waals surface area contributed by atoms with E-state index in [1.165, 1.54) is 0 Å². The van der Waals surface area contributed by atoms with E-state index in [-0.39, 0.29) is 0 Å². The second kappa shape index (κ2) is 6.01. The van der Waals surface area contributed by atoms with E-state index in [9.17, 15) is 4.79 Å². The third-order valence-corrected chi connectivity index (χ3v) is 3.52. The van der Waals surface area contributed by atoms with Crippen LogP contribution in [0.5, 0.6) is 0 Å².